The van der Waals surface area contributed by atoms with Gasteiger partial charge in [0.2, 0.25) is 5.78 Å². The molecule has 0 aromatic carbocycles. The molecule has 0 atom stereocenters. The average Bonchev–Trinajstić information content (AvgIpc) is 2.88. The van der Waals surface area contributed by atoms with Crippen molar-refractivity contribution in [2.45, 2.75) is 6.54 Å². The Morgan fingerprint density at radius 1 is 1.43 bits per heavy atom. The number of nitrogens with two attached hydrogens (primary N) is 1. The van der Waals surface area contributed by atoms with Crippen LogP contribution in [0.1, 0.15) is 20.3 Å². The summed E-state index contributed by atoms with van der Waals surface area (Å²) in [6.45, 7) is 0.468. The van der Waals surface area contributed by atoms with Crippen LogP contribution in [0, 0.1) is 0 Å². The van der Waals surface area contributed by atoms with Crippen molar-refractivity contribution in [1.29, 1.82) is 0 Å². The van der Waals surface area contributed by atoms with Crippen molar-refractivity contribution >= 4 is 17.1 Å². The lowest BCUT2D eigenvalue weighted by atomic mass is 10.2. The average molecular weight is 207 g/mol. The van der Waals surface area contributed by atoms with Gasteiger partial charge in [-0.2, -0.15) is 0 Å². The first-order valence-corrected chi connectivity index (χ1v) is 5.00. The Bertz CT molecular complexity index is 431. The lowest BCUT2D eigenvalue weighted by molar-refractivity contribution is 0.101. The van der Waals surface area contributed by atoms with Crippen molar-refractivity contribution in [2.24, 2.45) is 5.73 Å². The Kier molecular flexibility index (Phi) is 2.47. The normalized spacial score (nSPS) is 10.4. The molecule has 0 aliphatic carbocycles. The van der Waals surface area contributed by atoms with Gasteiger partial charge in [-0.05, 0) is 24.3 Å². The van der Waals surface area contributed by atoms with E-state index in [1.54, 1.807) is 18.2 Å². The number of hydrogen-bond donors (Lipinski definition) is 1. The minimum atomic E-state index is -0.0836. The summed E-state index contributed by atoms with van der Waals surface area (Å²) < 4.78 is 5.02. The van der Waals surface area contributed by atoms with Crippen molar-refractivity contribution in [3.05, 3.63) is 46.0 Å². The first kappa shape index (κ1) is 9.18. The summed E-state index contributed by atoms with van der Waals surface area (Å²) in [6.07, 6.45) is 1.49. The van der Waals surface area contributed by atoms with Gasteiger partial charge >= 0.3 is 0 Å². The van der Waals surface area contributed by atoms with Crippen LogP contribution in [0.15, 0.2) is 34.9 Å². The minimum Gasteiger partial charge on any atom is -0.461 e. The van der Waals surface area contributed by atoms with E-state index in [2.05, 4.69) is 0 Å². The molecular formula is C10H9NO2S. The molecule has 0 unspecified atom stereocenters. The fraction of sp³-hybridized carbons (Fsp3) is 0.100. The Morgan fingerprint density at radius 2 is 2.29 bits per heavy atom. The fourth-order valence-electron chi connectivity index (χ4n) is 1.14. The van der Waals surface area contributed by atoms with Crippen LogP contribution in [0.3, 0.4) is 0 Å². The number of carbonyl (C=O) groups is 1. The summed E-state index contributed by atoms with van der Waals surface area (Å²) in [5.74, 6) is 0.287. The standard InChI is InChI=1S/C10H9NO2S/c11-6-7-3-4-9(14-7)10(12)8-2-1-5-13-8/h1-5H,6,11H2. The van der Waals surface area contributed by atoms with Gasteiger partial charge in [0.15, 0.2) is 5.76 Å². The maximum atomic E-state index is 11.7. The first-order valence-electron chi connectivity index (χ1n) is 4.18. The summed E-state index contributed by atoms with van der Waals surface area (Å²) in [4.78, 5) is 13.4. The van der Waals surface area contributed by atoms with E-state index in [4.69, 9.17) is 10.2 Å². The highest BCUT2D eigenvalue weighted by Gasteiger charge is 2.13. The molecule has 14 heavy (non-hydrogen) atoms. The molecule has 2 heterocycles. The molecule has 3 nitrogen and oxygen atoms in total. The lowest BCUT2D eigenvalue weighted by Gasteiger charge is -1.90. The van der Waals surface area contributed by atoms with Gasteiger partial charge in [-0.1, -0.05) is 0 Å². The number of hydrogen-bond acceptors (Lipinski definition) is 4. The second kappa shape index (κ2) is 3.77. The van der Waals surface area contributed by atoms with E-state index < -0.39 is 0 Å². The van der Waals surface area contributed by atoms with E-state index >= 15 is 0 Å². The number of rotatable bonds is 3. The molecular weight excluding hydrogens is 198 g/mol. The van der Waals surface area contributed by atoms with Crippen LogP contribution < -0.4 is 5.73 Å². The van der Waals surface area contributed by atoms with E-state index in [9.17, 15) is 4.79 Å². The molecule has 2 rings (SSSR count). The van der Waals surface area contributed by atoms with Crippen LogP contribution in [0.2, 0.25) is 0 Å². The quantitative estimate of drug-likeness (QED) is 0.783. The van der Waals surface area contributed by atoms with Gasteiger partial charge in [0.25, 0.3) is 0 Å². The van der Waals surface area contributed by atoms with Crippen LogP contribution >= 0.6 is 11.3 Å². The Labute approximate surface area is 85.2 Å². The molecule has 0 radical (unpaired) electrons. The van der Waals surface area contributed by atoms with Crippen LogP contribution in [-0.2, 0) is 6.54 Å². The highest BCUT2D eigenvalue weighted by molar-refractivity contribution is 7.14. The van der Waals surface area contributed by atoms with Gasteiger partial charge in [-0.15, -0.1) is 11.3 Å². The smallest absolute Gasteiger partial charge is 0.238 e. The van der Waals surface area contributed by atoms with Gasteiger partial charge in [-0.3, -0.25) is 4.79 Å². The van der Waals surface area contributed by atoms with Crippen molar-refractivity contribution < 1.29 is 9.21 Å². The third-order valence-electron chi connectivity index (χ3n) is 1.83. The Hall–Kier alpha value is -1.39. The van der Waals surface area contributed by atoms with Crippen molar-refractivity contribution in [3.63, 3.8) is 0 Å². The molecule has 4 heteroatoms. The molecule has 0 spiro atoms. The number of thiophene rings is 1. The summed E-state index contributed by atoms with van der Waals surface area (Å²) in [5, 5.41) is 0. The lowest BCUT2D eigenvalue weighted by Crippen LogP contribution is -1.95. The Morgan fingerprint density at radius 3 is 2.86 bits per heavy atom. The highest BCUT2D eigenvalue weighted by Crippen LogP contribution is 2.19. The number of furan rings is 1. The molecule has 2 aromatic heterocycles. The summed E-state index contributed by atoms with van der Waals surface area (Å²) >= 11 is 1.40. The highest BCUT2D eigenvalue weighted by atomic mass is 32.1. The van der Waals surface area contributed by atoms with Gasteiger partial charge < -0.3 is 10.2 Å². The number of carbonyl (C=O) groups excluding carboxylic acids is 1. The zero-order valence-electron chi connectivity index (χ0n) is 7.40. The third-order valence-corrected chi connectivity index (χ3v) is 2.94. The summed E-state index contributed by atoms with van der Waals surface area (Å²) in [5.41, 5.74) is 5.46. The van der Waals surface area contributed by atoms with Gasteiger partial charge in [-0.25, -0.2) is 0 Å². The van der Waals surface area contributed by atoms with Crippen molar-refractivity contribution in [2.75, 3.05) is 0 Å². The number of ketones is 1. The van der Waals surface area contributed by atoms with E-state index in [0.29, 0.717) is 17.2 Å². The first-order chi connectivity index (χ1) is 6.81. The van der Waals surface area contributed by atoms with Crippen molar-refractivity contribution in [3.8, 4) is 0 Å². The second-order valence-electron chi connectivity index (χ2n) is 2.78. The summed E-state index contributed by atoms with van der Waals surface area (Å²) in [7, 11) is 0. The molecule has 0 aliphatic heterocycles. The molecule has 0 aliphatic rings. The maximum Gasteiger partial charge on any atom is 0.238 e. The topological polar surface area (TPSA) is 56.2 Å². The molecule has 0 bridgehead atoms. The largest absolute Gasteiger partial charge is 0.461 e. The molecule has 0 saturated carbocycles. The van der Waals surface area contributed by atoms with E-state index in [0.717, 1.165) is 4.88 Å². The van der Waals surface area contributed by atoms with E-state index in [1.807, 2.05) is 6.07 Å². The van der Waals surface area contributed by atoms with Crippen molar-refractivity contribution in [1.82, 2.24) is 0 Å². The predicted octanol–water partition coefficient (Wildman–Crippen LogP) is 2.03. The maximum absolute atomic E-state index is 11.7. The SMILES string of the molecule is NCc1ccc(C(=O)c2ccco2)s1. The van der Waals surface area contributed by atoms with Gasteiger partial charge in [0, 0.05) is 11.4 Å². The predicted molar refractivity (Wildman–Crippen MR) is 54.4 cm³/mol. The molecule has 72 valence electrons. The zero-order chi connectivity index (χ0) is 9.97. The zero-order valence-corrected chi connectivity index (χ0v) is 8.21. The molecule has 0 fully saturated rings. The van der Waals surface area contributed by atoms with Crippen LogP contribution in [0.4, 0.5) is 0 Å². The van der Waals surface area contributed by atoms with E-state index in [1.165, 1.54) is 17.6 Å². The van der Waals surface area contributed by atoms with Gasteiger partial charge in [0.05, 0.1) is 11.1 Å². The van der Waals surface area contributed by atoms with Crippen LogP contribution in [-0.4, -0.2) is 5.78 Å². The molecule has 0 amide bonds. The fourth-order valence-corrected chi connectivity index (χ4v) is 1.97. The summed E-state index contributed by atoms with van der Waals surface area (Å²) in [6, 6.07) is 6.99. The van der Waals surface area contributed by atoms with Crippen LogP contribution in [0.25, 0.3) is 0 Å². The monoisotopic (exact) mass is 207 g/mol. The molecule has 2 N–H and O–H groups in total. The Balaban J connectivity index is 2.28. The third kappa shape index (κ3) is 1.62. The molecule has 0 saturated heterocycles. The van der Waals surface area contributed by atoms with Crippen LogP contribution in [0.5, 0.6) is 0 Å². The molecule has 2 aromatic rings. The second-order valence-corrected chi connectivity index (χ2v) is 3.94. The minimum absolute atomic E-state index is 0.0836. The van der Waals surface area contributed by atoms with Gasteiger partial charge in [0.1, 0.15) is 0 Å². The van der Waals surface area contributed by atoms with E-state index in [-0.39, 0.29) is 5.78 Å².